The molecule has 0 saturated carbocycles. The average molecular weight is 347 g/mol. The number of nitrogens with zero attached hydrogens (tertiary/aromatic N) is 1. The average Bonchev–Trinajstić information content (AvgIpc) is 3.18. The summed E-state index contributed by atoms with van der Waals surface area (Å²) in [5.74, 6) is 1.66. The van der Waals surface area contributed by atoms with Crippen LogP contribution in [0.3, 0.4) is 0 Å². The second kappa shape index (κ2) is 5.20. The Hall–Kier alpha value is -1.79. The smallest absolute Gasteiger partial charge is 0.153 e. The summed E-state index contributed by atoms with van der Waals surface area (Å²) >= 11 is 3.47. The van der Waals surface area contributed by atoms with Gasteiger partial charge in [0.05, 0.1) is 0 Å². The Balaban J connectivity index is 1.61. The second-order valence-electron chi connectivity index (χ2n) is 5.29. The topological polar surface area (TPSA) is 65.9 Å². The molecule has 0 bridgehead atoms. The lowest BCUT2D eigenvalue weighted by Crippen LogP contribution is -2.22. The van der Waals surface area contributed by atoms with Gasteiger partial charge in [-0.1, -0.05) is 15.9 Å². The van der Waals surface area contributed by atoms with Crippen LogP contribution in [-0.2, 0) is 0 Å². The van der Waals surface area contributed by atoms with Gasteiger partial charge in [0, 0.05) is 28.5 Å². The molecule has 3 N–H and O–H groups in total. The molecule has 1 aliphatic rings. The molecule has 4 rings (SSSR count). The Labute approximate surface area is 130 Å². The second-order valence-corrected chi connectivity index (χ2v) is 6.21. The predicted molar refractivity (Wildman–Crippen MR) is 86.4 cm³/mol. The highest BCUT2D eigenvalue weighted by atomic mass is 79.9. The molecule has 1 unspecified atom stereocenters. The Kier molecular flexibility index (Phi) is 3.20. The van der Waals surface area contributed by atoms with Crippen molar-refractivity contribution in [3.05, 3.63) is 34.8 Å². The van der Waals surface area contributed by atoms with Gasteiger partial charge in [-0.25, -0.2) is 0 Å². The third-order valence-corrected chi connectivity index (χ3v) is 4.23. The highest BCUT2D eigenvalue weighted by Gasteiger charge is 2.16. The monoisotopic (exact) mass is 346 g/mol. The molecule has 1 aromatic carbocycles. The number of hydrogen-bond acceptors (Lipinski definition) is 4. The van der Waals surface area contributed by atoms with Crippen molar-refractivity contribution in [2.45, 2.75) is 12.5 Å². The van der Waals surface area contributed by atoms with Crippen molar-refractivity contribution in [3.8, 4) is 11.5 Å². The maximum Gasteiger partial charge on any atom is 0.153 e. The summed E-state index contributed by atoms with van der Waals surface area (Å²) in [6.45, 7) is 2.05. The lowest BCUT2D eigenvalue weighted by molar-refractivity contribution is 0.628. The molecular weight excluding hydrogens is 332 g/mol. The van der Waals surface area contributed by atoms with Gasteiger partial charge in [-0.05, 0) is 37.2 Å². The van der Waals surface area contributed by atoms with Crippen molar-refractivity contribution in [1.82, 2.24) is 15.5 Å². The molecule has 6 heteroatoms. The fraction of sp³-hybridized carbons (Fsp3) is 0.267. The van der Waals surface area contributed by atoms with Crippen molar-refractivity contribution >= 4 is 32.7 Å². The van der Waals surface area contributed by atoms with Gasteiger partial charge in [0.2, 0.25) is 0 Å². The van der Waals surface area contributed by atoms with E-state index < -0.39 is 0 Å². The molecule has 3 aromatic rings. The molecule has 1 atom stereocenters. The van der Waals surface area contributed by atoms with Gasteiger partial charge in [0.25, 0.3) is 0 Å². The van der Waals surface area contributed by atoms with E-state index in [4.69, 9.17) is 4.42 Å². The Morgan fingerprint density at radius 3 is 3.10 bits per heavy atom. The van der Waals surface area contributed by atoms with Crippen LogP contribution in [0.4, 0.5) is 5.82 Å². The number of fused-ring (bicyclic) bond motifs is 1. The standard InChI is InChI=1S/C15H15BrN4O/c16-10-1-2-13-9(5-10)6-14(21-13)12-7-15(20-19-12)18-11-3-4-17-8-11/h1-2,5-7,11,17H,3-4,8H2,(H2,18,19,20). The van der Waals surface area contributed by atoms with E-state index in [0.717, 1.165) is 52.2 Å². The molecule has 3 heterocycles. The van der Waals surface area contributed by atoms with E-state index in [-0.39, 0.29) is 0 Å². The first-order valence-electron chi connectivity index (χ1n) is 7.00. The van der Waals surface area contributed by atoms with Crippen molar-refractivity contribution in [3.63, 3.8) is 0 Å². The fourth-order valence-corrected chi connectivity index (χ4v) is 3.03. The van der Waals surface area contributed by atoms with Gasteiger partial charge >= 0.3 is 0 Å². The number of nitrogens with one attached hydrogen (secondary N) is 3. The van der Waals surface area contributed by atoms with Crippen LogP contribution in [0.1, 0.15) is 6.42 Å². The van der Waals surface area contributed by atoms with E-state index in [1.165, 1.54) is 0 Å². The lowest BCUT2D eigenvalue weighted by Gasteiger charge is -2.08. The third-order valence-electron chi connectivity index (χ3n) is 3.73. The molecule has 2 aromatic heterocycles. The molecule has 0 aliphatic carbocycles. The summed E-state index contributed by atoms with van der Waals surface area (Å²) in [4.78, 5) is 0. The minimum Gasteiger partial charge on any atom is -0.454 e. The zero-order valence-corrected chi connectivity index (χ0v) is 12.9. The predicted octanol–water partition coefficient (Wildman–Crippen LogP) is 3.36. The van der Waals surface area contributed by atoms with Gasteiger partial charge in [0.15, 0.2) is 5.76 Å². The zero-order chi connectivity index (χ0) is 14.2. The quantitative estimate of drug-likeness (QED) is 0.680. The first kappa shape index (κ1) is 12.9. The normalized spacial score (nSPS) is 18.4. The summed E-state index contributed by atoms with van der Waals surface area (Å²) in [7, 11) is 0. The first-order valence-corrected chi connectivity index (χ1v) is 7.79. The van der Waals surface area contributed by atoms with E-state index in [9.17, 15) is 0 Å². The number of aromatic amines is 1. The molecule has 21 heavy (non-hydrogen) atoms. The molecule has 0 amide bonds. The SMILES string of the molecule is Brc1ccc2oc(-c3cc(NC4CCNC4)n[nH]3)cc2c1. The number of furan rings is 1. The largest absolute Gasteiger partial charge is 0.454 e. The number of anilines is 1. The van der Waals surface area contributed by atoms with Crippen LogP contribution in [0.2, 0.25) is 0 Å². The summed E-state index contributed by atoms with van der Waals surface area (Å²) in [6.07, 6.45) is 1.13. The van der Waals surface area contributed by atoms with E-state index in [1.807, 2.05) is 30.3 Å². The molecule has 108 valence electrons. The molecule has 0 spiro atoms. The maximum absolute atomic E-state index is 5.86. The minimum absolute atomic E-state index is 0.452. The molecule has 1 fully saturated rings. The zero-order valence-electron chi connectivity index (χ0n) is 11.3. The minimum atomic E-state index is 0.452. The van der Waals surface area contributed by atoms with E-state index in [1.54, 1.807) is 0 Å². The van der Waals surface area contributed by atoms with Crippen LogP contribution in [0.25, 0.3) is 22.4 Å². The van der Waals surface area contributed by atoms with Crippen LogP contribution in [-0.4, -0.2) is 29.3 Å². The van der Waals surface area contributed by atoms with Gasteiger partial charge in [0.1, 0.15) is 17.1 Å². The van der Waals surface area contributed by atoms with Crippen molar-refractivity contribution < 1.29 is 4.42 Å². The van der Waals surface area contributed by atoms with E-state index in [2.05, 4.69) is 36.8 Å². The number of rotatable bonds is 3. The summed E-state index contributed by atoms with van der Waals surface area (Å²) in [6, 6.07) is 10.4. The Morgan fingerprint density at radius 1 is 1.29 bits per heavy atom. The highest BCUT2D eigenvalue weighted by molar-refractivity contribution is 9.10. The van der Waals surface area contributed by atoms with Gasteiger partial charge in [-0.15, -0.1) is 0 Å². The number of H-pyrrole nitrogens is 1. The number of aromatic nitrogens is 2. The first-order chi connectivity index (χ1) is 10.3. The summed E-state index contributed by atoms with van der Waals surface area (Å²) in [5.41, 5.74) is 1.76. The van der Waals surface area contributed by atoms with E-state index in [0.29, 0.717) is 6.04 Å². The molecule has 1 saturated heterocycles. The number of benzene rings is 1. The Morgan fingerprint density at radius 2 is 2.24 bits per heavy atom. The lowest BCUT2D eigenvalue weighted by atomic mass is 10.2. The molecule has 5 nitrogen and oxygen atoms in total. The van der Waals surface area contributed by atoms with E-state index >= 15 is 0 Å². The number of hydrogen-bond donors (Lipinski definition) is 3. The van der Waals surface area contributed by atoms with Gasteiger partial charge in [-0.2, -0.15) is 5.10 Å². The van der Waals surface area contributed by atoms with Crippen LogP contribution in [0.15, 0.2) is 39.2 Å². The van der Waals surface area contributed by atoms with Gasteiger partial charge < -0.3 is 15.1 Å². The van der Waals surface area contributed by atoms with Crippen LogP contribution >= 0.6 is 15.9 Å². The molecular formula is C15H15BrN4O. The fourth-order valence-electron chi connectivity index (χ4n) is 2.66. The maximum atomic E-state index is 5.86. The van der Waals surface area contributed by atoms with Crippen LogP contribution in [0.5, 0.6) is 0 Å². The van der Waals surface area contributed by atoms with Crippen molar-refractivity contribution in [1.29, 1.82) is 0 Å². The highest BCUT2D eigenvalue weighted by Crippen LogP contribution is 2.29. The third kappa shape index (κ3) is 2.56. The number of halogens is 1. The molecule has 0 radical (unpaired) electrons. The van der Waals surface area contributed by atoms with Crippen molar-refractivity contribution in [2.24, 2.45) is 0 Å². The van der Waals surface area contributed by atoms with Gasteiger partial charge in [-0.3, -0.25) is 5.10 Å². The molecule has 1 aliphatic heterocycles. The summed E-state index contributed by atoms with van der Waals surface area (Å²) in [5, 5.41) is 15.2. The van der Waals surface area contributed by atoms with Crippen LogP contribution in [0, 0.1) is 0 Å². The summed E-state index contributed by atoms with van der Waals surface area (Å²) < 4.78 is 6.90. The van der Waals surface area contributed by atoms with Crippen molar-refractivity contribution in [2.75, 3.05) is 18.4 Å². The Bertz CT molecular complexity index is 773. The van der Waals surface area contributed by atoms with Crippen LogP contribution < -0.4 is 10.6 Å².